The third-order valence-corrected chi connectivity index (χ3v) is 7.86. The Hall–Kier alpha value is -2.84. The summed E-state index contributed by atoms with van der Waals surface area (Å²) >= 11 is 8.12. The van der Waals surface area contributed by atoms with Crippen LogP contribution in [0.25, 0.3) is 5.69 Å². The van der Waals surface area contributed by atoms with Crippen LogP contribution in [0.5, 0.6) is 0 Å². The van der Waals surface area contributed by atoms with Gasteiger partial charge in [-0.25, -0.2) is 9.07 Å². The van der Waals surface area contributed by atoms with E-state index in [0.717, 1.165) is 29.7 Å². The number of carbonyl (C=O) groups excluding carboxylic acids is 2. The van der Waals surface area contributed by atoms with Crippen molar-refractivity contribution >= 4 is 41.0 Å². The largest absolute Gasteiger partial charge is 0.352 e. The lowest BCUT2D eigenvalue weighted by Crippen LogP contribution is -2.43. The fraction of sp³-hybridized carbons (Fsp3) is 0.370. The number of hydrogen-bond acceptors (Lipinski definition) is 4. The summed E-state index contributed by atoms with van der Waals surface area (Å²) in [4.78, 5) is 28.0. The van der Waals surface area contributed by atoms with E-state index < -0.39 is 11.2 Å². The van der Waals surface area contributed by atoms with E-state index >= 15 is 0 Å². The summed E-state index contributed by atoms with van der Waals surface area (Å²) < 4.78 is 15.9. The predicted molar refractivity (Wildman–Crippen MR) is 141 cm³/mol. The van der Waals surface area contributed by atoms with Crippen LogP contribution < -0.4 is 10.2 Å². The van der Waals surface area contributed by atoms with Gasteiger partial charge in [-0.05, 0) is 42.7 Å². The molecule has 2 heterocycles. The van der Waals surface area contributed by atoms with Crippen molar-refractivity contribution in [1.29, 1.82) is 0 Å². The van der Waals surface area contributed by atoms with Gasteiger partial charge in [-0.3, -0.25) is 14.5 Å². The normalized spacial score (nSPS) is 18.1. The molecule has 1 atom stereocenters. The van der Waals surface area contributed by atoms with E-state index in [1.54, 1.807) is 16.8 Å². The van der Waals surface area contributed by atoms with Crippen LogP contribution in [0, 0.1) is 5.82 Å². The van der Waals surface area contributed by atoms with Gasteiger partial charge in [-0.15, -0.1) is 11.8 Å². The van der Waals surface area contributed by atoms with Gasteiger partial charge in [-0.2, -0.15) is 5.10 Å². The number of amides is 2. The summed E-state index contributed by atoms with van der Waals surface area (Å²) in [6.45, 7) is 6.02. The second-order valence-electron chi connectivity index (χ2n) is 10.3. The van der Waals surface area contributed by atoms with Gasteiger partial charge < -0.3 is 5.32 Å². The number of thioether (sulfide) groups is 1. The molecule has 0 saturated heterocycles. The maximum absolute atomic E-state index is 14.3. The molecule has 1 saturated carbocycles. The maximum Gasteiger partial charge on any atom is 0.240 e. The van der Waals surface area contributed by atoms with Crippen LogP contribution in [0.15, 0.2) is 48.5 Å². The number of nitrogens with zero attached hydrogens (tertiary/aromatic N) is 3. The second-order valence-corrected chi connectivity index (χ2v) is 11.8. The molecule has 0 bridgehead atoms. The zero-order chi connectivity index (χ0) is 25.6. The molecule has 1 fully saturated rings. The van der Waals surface area contributed by atoms with Gasteiger partial charge in [0.25, 0.3) is 0 Å². The minimum absolute atomic E-state index is 0.136. The molecule has 1 aliphatic carbocycles. The highest BCUT2D eigenvalue weighted by atomic mass is 35.5. The van der Waals surface area contributed by atoms with Gasteiger partial charge in [-0.1, -0.05) is 56.6 Å². The summed E-state index contributed by atoms with van der Waals surface area (Å²) in [7, 11) is 0. The minimum Gasteiger partial charge on any atom is -0.352 e. The molecule has 6 nitrogen and oxygen atoms in total. The standard InChI is InChI=1S/C27H28ClFN4O2S/c1-27(2,3)25-23-24(19-9-4-5-10-20(19)28)36-15-22(35)32(14-21(34)30-17-11-12-17)26(23)33(31-25)18-8-6-7-16(29)13-18/h4-10,13,17,24H,11-12,14-15H2,1-3H3,(H,30,34)/t24-/m0/s1. The number of hydrogen-bond donors (Lipinski definition) is 1. The summed E-state index contributed by atoms with van der Waals surface area (Å²) in [5.41, 5.74) is 2.52. The number of nitrogens with one attached hydrogen (secondary N) is 1. The highest BCUT2D eigenvalue weighted by molar-refractivity contribution is 8.00. The Morgan fingerprint density at radius 2 is 1.94 bits per heavy atom. The minimum atomic E-state index is -0.413. The van der Waals surface area contributed by atoms with Crippen LogP contribution in [0.1, 0.15) is 55.7 Å². The average Bonchev–Trinajstić information content (AvgIpc) is 3.56. The van der Waals surface area contributed by atoms with Crippen molar-refractivity contribution in [2.75, 3.05) is 17.2 Å². The van der Waals surface area contributed by atoms with Crippen molar-refractivity contribution in [3.05, 3.63) is 76.2 Å². The second kappa shape index (κ2) is 9.56. The molecule has 9 heteroatoms. The van der Waals surface area contributed by atoms with Gasteiger partial charge in [0, 0.05) is 22.0 Å². The topological polar surface area (TPSA) is 67.2 Å². The first-order valence-electron chi connectivity index (χ1n) is 12.0. The van der Waals surface area contributed by atoms with Crippen molar-refractivity contribution in [2.24, 2.45) is 0 Å². The fourth-order valence-electron chi connectivity index (χ4n) is 4.44. The molecular weight excluding hydrogens is 499 g/mol. The number of fused-ring (bicyclic) bond motifs is 1. The molecule has 3 aromatic rings. The molecular formula is C27H28ClFN4O2S. The Morgan fingerprint density at radius 1 is 1.19 bits per heavy atom. The summed E-state index contributed by atoms with van der Waals surface area (Å²) in [5, 5.41) is 8.22. The molecule has 0 unspecified atom stereocenters. The first-order valence-corrected chi connectivity index (χ1v) is 13.4. The molecule has 0 radical (unpaired) electrons. The smallest absolute Gasteiger partial charge is 0.240 e. The van der Waals surface area contributed by atoms with Crippen molar-refractivity contribution in [2.45, 2.75) is 50.3 Å². The van der Waals surface area contributed by atoms with Crippen molar-refractivity contribution < 1.29 is 14.0 Å². The van der Waals surface area contributed by atoms with Gasteiger partial charge in [0.15, 0.2) is 0 Å². The number of carbonyl (C=O) groups is 2. The van der Waals surface area contributed by atoms with E-state index in [1.165, 1.54) is 28.8 Å². The lowest BCUT2D eigenvalue weighted by molar-refractivity contribution is -0.123. The molecule has 36 heavy (non-hydrogen) atoms. The zero-order valence-corrected chi connectivity index (χ0v) is 22.0. The van der Waals surface area contributed by atoms with Crippen LogP contribution in [-0.2, 0) is 15.0 Å². The molecule has 1 N–H and O–H groups in total. The SMILES string of the molecule is CC(C)(C)c1nn(-c2cccc(F)c2)c2c1[C@H](c1ccccc1Cl)SCC(=O)N2CC(=O)NC1CC1. The van der Waals surface area contributed by atoms with E-state index in [4.69, 9.17) is 16.7 Å². The van der Waals surface area contributed by atoms with Crippen LogP contribution in [0.2, 0.25) is 5.02 Å². The third kappa shape index (κ3) is 4.89. The molecule has 5 rings (SSSR count). The molecule has 2 aliphatic rings. The number of benzene rings is 2. The lowest BCUT2D eigenvalue weighted by atomic mass is 9.87. The molecule has 2 aromatic carbocycles. The number of halogens is 2. The Morgan fingerprint density at radius 3 is 2.61 bits per heavy atom. The van der Waals surface area contributed by atoms with E-state index in [2.05, 4.69) is 26.1 Å². The monoisotopic (exact) mass is 526 g/mol. The third-order valence-electron chi connectivity index (χ3n) is 6.28. The van der Waals surface area contributed by atoms with Gasteiger partial charge in [0.05, 0.1) is 22.4 Å². The van der Waals surface area contributed by atoms with E-state index in [9.17, 15) is 14.0 Å². The van der Waals surface area contributed by atoms with Crippen molar-refractivity contribution in [3.63, 3.8) is 0 Å². The van der Waals surface area contributed by atoms with E-state index in [1.807, 2.05) is 24.3 Å². The first kappa shape index (κ1) is 24.8. The molecule has 1 aromatic heterocycles. The summed E-state index contributed by atoms with van der Waals surface area (Å²) in [5.74, 6) is -0.198. The Kier molecular flexibility index (Phi) is 6.59. The van der Waals surface area contributed by atoms with Crippen LogP contribution in [-0.4, -0.2) is 39.9 Å². The first-order chi connectivity index (χ1) is 17.1. The Bertz CT molecular complexity index is 1330. The Labute approximate surface area is 219 Å². The number of aromatic nitrogens is 2. The summed E-state index contributed by atoms with van der Waals surface area (Å²) in [6.07, 6.45) is 1.90. The van der Waals surface area contributed by atoms with Crippen molar-refractivity contribution in [1.82, 2.24) is 15.1 Å². The molecule has 188 valence electrons. The average molecular weight is 527 g/mol. The van der Waals surface area contributed by atoms with Crippen molar-refractivity contribution in [3.8, 4) is 5.69 Å². The van der Waals surface area contributed by atoms with Gasteiger partial charge >= 0.3 is 0 Å². The summed E-state index contributed by atoms with van der Waals surface area (Å²) in [6, 6.07) is 13.9. The van der Waals surface area contributed by atoms with Crippen LogP contribution in [0.3, 0.4) is 0 Å². The highest BCUT2D eigenvalue weighted by Gasteiger charge is 2.40. The molecule has 0 spiro atoms. The molecule has 2 amide bonds. The van der Waals surface area contributed by atoms with Crippen LogP contribution in [0.4, 0.5) is 10.2 Å². The maximum atomic E-state index is 14.3. The molecule has 1 aliphatic heterocycles. The Balaban J connectivity index is 1.76. The van der Waals surface area contributed by atoms with Gasteiger partial charge in [0.2, 0.25) is 11.8 Å². The predicted octanol–water partition coefficient (Wildman–Crippen LogP) is 5.41. The van der Waals surface area contributed by atoms with E-state index in [-0.39, 0.29) is 35.4 Å². The number of anilines is 1. The lowest BCUT2D eigenvalue weighted by Gasteiger charge is -2.25. The fourth-order valence-corrected chi connectivity index (χ4v) is 5.98. The van der Waals surface area contributed by atoms with Gasteiger partial charge in [0.1, 0.15) is 18.2 Å². The van der Waals surface area contributed by atoms with E-state index in [0.29, 0.717) is 16.5 Å². The quantitative estimate of drug-likeness (QED) is 0.482. The number of rotatable bonds is 5. The highest BCUT2D eigenvalue weighted by Crippen LogP contribution is 2.49. The zero-order valence-electron chi connectivity index (χ0n) is 20.4. The van der Waals surface area contributed by atoms with Crippen LogP contribution >= 0.6 is 23.4 Å².